The highest BCUT2D eigenvalue weighted by Crippen LogP contribution is 2.19. The zero-order valence-electron chi connectivity index (χ0n) is 41.1. The van der Waals surface area contributed by atoms with Gasteiger partial charge in [0.25, 0.3) is 0 Å². The number of nitrogens with zero attached hydrogens (tertiary/aromatic N) is 5. The van der Waals surface area contributed by atoms with Gasteiger partial charge in [-0.1, -0.05) is 58.0 Å². The first-order valence-corrected chi connectivity index (χ1v) is 22.8. The number of amides is 8. The number of likely N-dealkylation sites (tertiary alicyclic amines) is 1. The number of likely N-dealkylation sites (N-methyl/N-ethyl adjacent to an activating group) is 4. The van der Waals surface area contributed by atoms with E-state index >= 15 is 0 Å². The second kappa shape index (κ2) is 26.1. The number of aliphatic hydroxyl groups is 1. The third-order valence-corrected chi connectivity index (χ3v) is 11.3. The fourth-order valence-electron chi connectivity index (χ4n) is 7.48. The molecule has 18 heteroatoms. The molecule has 1 heterocycles. The summed E-state index contributed by atoms with van der Waals surface area (Å²) in [4.78, 5) is 117. The highest BCUT2D eigenvalue weighted by atomic mass is 16.5. The van der Waals surface area contributed by atoms with Crippen LogP contribution >= 0.6 is 0 Å². The summed E-state index contributed by atoms with van der Waals surface area (Å²) in [7, 11) is 7.47. The monoisotopic (exact) mass is 915 g/mol. The molecule has 7 atom stereocenters. The number of nitrogens with one attached hydrogen (secondary N) is 3. The molecule has 0 unspecified atom stereocenters. The van der Waals surface area contributed by atoms with E-state index in [1.807, 2.05) is 58.0 Å². The average Bonchev–Trinajstić information content (AvgIpc) is 3.25. The topological polar surface area (TPSA) is 218 Å². The number of aliphatic hydroxyl groups excluding tert-OH is 1. The van der Waals surface area contributed by atoms with Crippen molar-refractivity contribution in [1.29, 1.82) is 0 Å². The third-order valence-electron chi connectivity index (χ3n) is 11.3. The van der Waals surface area contributed by atoms with Gasteiger partial charge in [0.15, 0.2) is 0 Å². The van der Waals surface area contributed by atoms with Crippen LogP contribution in [-0.4, -0.2) is 180 Å². The van der Waals surface area contributed by atoms with Gasteiger partial charge in [0, 0.05) is 54.7 Å². The molecule has 8 amide bonds. The van der Waals surface area contributed by atoms with Crippen LogP contribution in [0.2, 0.25) is 0 Å². The van der Waals surface area contributed by atoms with E-state index in [0.717, 1.165) is 24.8 Å². The van der Waals surface area contributed by atoms with Crippen LogP contribution in [0.4, 0.5) is 0 Å². The predicted molar refractivity (Wildman–Crippen MR) is 247 cm³/mol. The molecule has 2 rings (SSSR count). The summed E-state index contributed by atoms with van der Waals surface area (Å²) >= 11 is 0. The van der Waals surface area contributed by atoms with Gasteiger partial charge in [-0.05, 0) is 77.2 Å². The van der Waals surface area contributed by atoms with Crippen molar-refractivity contribution in [3.05, 3.63) is 35.9 Å². The Morgan fingerprint density at radius 2 is 1.26 bits per heavy atom. The molecule has 0 spiro atoms. The lowest BCUT2D eigenvalue weighted by Gasteiger charge is -2.36. The Kier molecular flexibility index (Phi) is 22.5. The van der Waals surface area contributed by atoms with Crippen molar-refractivity contribution in [2.75, 3.05) is 54.9 Å². The fraction of sp³-hybridized carbons (Fsp3) is 0.702. The number of ether oxygens (including phenoxy) is 1. The van der Waals surface area contributed by atoms with Gasteiger partial charge in [-0.2, -0.15) is 0 Å². The summed E-state index contributed by atoms with van der Waals surface area (Å²) in [6.45, 7) is 14.7. The molecule has 65 heavy (non-hydrogen) atoms. The second-order valence-electron chi connectivity index (χ2n) is 19.3. The van der Waals surface area contributed by atoms with E-state index in [0.29, 0.717) is 25.9 Å². The smallest absolute Gasteiger partial charge is 0.248 e. The number of rotatable bonds is 24. The molecule has 1 aliphatic rings. The first-order chi connectivity index (χ1) is 30.3. The number of piperidine rings is 1. The lowest BCUT2D eigenvalue weighted by atomic mass is 9.98. The molecule has 1 fully saturated rings. The fourth-order valence-corrected chi connectivity index (χ4v) is 7.48. The quantitative estimate of drug-likeness (QED) is 0.110. The van der Waals surface area contributed by atoms with Crippen molar-refractivity contribution in [3.8, 4) is 0 Å². The van der Waals surface area contributed by atoms with Crippen LogP contribution in [0.15, 0.2) is 30.3 Å². The Balaban J connectivity index is 2.49. The molecule has 1 aromatic rings. The van der Waals surface area contributed by atoms with Crippen molar-refractivity contribution in [1.82, 2.24) is 40.4 Å². The zero-order valence-corrected chi connectivity index (χ0v) is 41.1. The minimum atomic E-state index is -1.47. The SMILES string of the molecule is CC(C)C[C@@H](C(=O)N[C@H](C(=O)N(C)[C@@H](CC(C)C)C(=O)N(C)C)[C@@H](C)O)N(C)C(=O)C[C@H](NC(=O)[C@H](COC(C)(C)C)NC(=O)[C@H](Cc1ccccc1)N(C)C=O)C(=O)N1CCCCC1. The van der Waals surface area contributed by atoms with Gasteiger partial charge in [0.05, 0.1) is 24.7 Å². The van der Waals surface area contributed by atoms with E-state index in [9.17, 15) is 43.5 Å². The number of carbonyl (C=O) groups excluding carboxylic acids is 8. The number of hydrogen-bond donors (Lipinski definition) is 4. The van der Waals surface area contributed by atoms with Crippen LogP contribution in [0.3, 0.4) is 0 Å². The van der Waals surface area contributed by atoms with E-state index in [-0.39, 0.29) is 37.2 Å². The Morgan fingerprint density at radius 3 is 1.77 bits per heavy atom. The molecule has 1 aliphatic heterocycles. The van der Waals surface area contributed by atoms with Crippen LogP contribution in [0, 0.1) is 11.8 Å². The third kappa shape index (κ3) is 18.0. The normalized spacial score (nSPS) is 16.2. The van der Waals surface area contributed by atoms with Crippen LogP contribution < -0.4 is 16.0 Å². The maximum absolute atomic E-state index is 14.3. The van der Waals surface area contributed by atoms with Gasteiger partial charge < -0.3 is 50.3 Å². The number of hydrogen-bond acceptors (Lipinski definition) is 10. The molecule has 4 N–H and O–H groups in total. The van der Waals surface area contributed by atoms with E-state index in [4.69, 9.17) is 4.74 Å². The summed E-state index contributed by atoms with van der Waals surface area (Å²) < 4.78 is 5.97. The number of benzene rings is 1. The van der Waals surface area contributed by atoms with Crippen molar-refractivity contribution in [2.24, 2.45) is 11.8 Å². The molecule has 0 aromatic heterocycles. The molecule has 0 aliphatic carbocycles. The van der Waals surface area contributed by atoms with E-state index < -0.39 is 89.8 Å². The lowest BCUT2D eigenvalue weighted by Crippen LogP contribution is -2.61. The number of carbonyl (C=O) groups is 8. The van der Waals surface area contributed by atoms with Gasteiger partial charge in [-0.25, -0.2) is 0 Å². The van der Waals surface area contributed by atoms with Crippen LogP contribution in [0.5, 0.6) is 0 Å². The Hall–Kier alpha value is -5.10. The lowest BCUT2D eigenvalue weighted by molar-refractivity contribution is -0.149. The summed E-state index contributed by atoms with van der Waals surface area (Å²) in [5.41, 5.74) is 0.0337. The Labute approximate surface area is 386 Å². The summed E-state index contributed by atoms with van der Waals surface area (Å²) in [5, 5.41) is 18.9. The highest BCUT2D eigenvalue weighted by Gasteiger charge is 2.40. The summed E-state index contributed by atoms with van der Waals surface area (Å²) in [6, 6.07) is 1.78. The van der Waals surface area contributed by atoms with Crippen LogP contribution in [0.1, 0.15) is 99.5 Å². The molecular formula is C47H78N8O10. The molecule has 366 valence electrons. The van der Waals surface area contributed by atoms with Crippen LogP contribution in [-0.2, 0) is 49.5 Å². The molecule has 0 saturated carbocycles. The minimum Gasteiger partial charge on any atom is -0.391 e. The van der Waals surface area contributed by atoms with Crippen LogP contribution in [0.25, 0.3) is 0 Å². The second-order valence-corrected chi connectivity index (χ2v) is 19.3. The zero-order chi connectivity index (χ0) is 49.3. The van der Waals surface area contributed by atoms with Crippen molar-refractivity contribution in [2.45, 2.75) is 148 Å². The predicted octanol–water partition coefficient (Wildman–Crippen LogP) is 1.57. The molecule has 0 radical (unpaired) electrons. The molecule has 1 saturated heterocycles. The maximum Gasteiger partial charge on any atom is 0.248 e. The van der Waals surface area contributed by atoms with Gasteiger partial charge in [0.1, 0.15) is 36.3 Å². The molecular weight excluding hydrogens is 837 g/mol. The largest absolute Gasteiger partial charge is 0.391 e. The first-order valence-electron chi connectivity index (χ1n) is 22.8. The van der Waals surface area contributed by atoms with E-state index in [1.54, 1.807) is 39.8 Å². The Morgan fingerprint density at radius 1 is 0.723 bits per heavy atom. The molecule has 18 nitrogen and oxygen atoms in total. The van der Waals surface area contributed by atoms with E-state index in [1.165, 1.54) is 47.7 Å². The van der Waals surface area contributed by atoms with Gasteiger partial charge >= 0.3 is 0 Å². The summed E-state index contributed by atoms with van der Waals surface area (Å²) in [6.07, 6.45) is 1.55. The summed E-state index contributed by atoms with van der Waals surface area (Å²) in [5.74, 6) is -4.48. The minimum absolute atomic E-state index is 0.0402. The van der Waals surface area contributed by atoms with Crippen molar-refractivity contribution < 1.29 is 48.2 Å². The van der Waals surface area contributed by atoms with Gasteiger partial charge in [-0.15, -0.1) is 0 Å². The molecule has 0 bridgehead atoms. The van der Waals surface area contributed by atoms with Gasteiger partial charge in [0.2, 0.25) is 47.8 Å². The molecule has 1 aromatic carbocycles. The first kappa shape index (κ1) is 56.0. The van der Waals surface area contributed by atoms with E-state index in [2.05, 4.69) is 16.0 Å². The average molecular weight is 915 g/mol. The van der Waals surface area contributed by atoms with Crippen molar-refractivity contribution >= 4 is 47.8 Å². The van der Waals surface area contributed by atoms with Crippen molar-refractivity contribution in [3.63, 3.8) is 0 Å². The standard InChI is InChI=1S/C47H78N8O10/c1-30(2)24-37(43(61)50-40(32(5)57)46(64)54(13)38(25-31(3)4)45(63)51(9)10)53(12)39(58)27-34(44(62)55-22-18-15-19-23-55)48-41(59)35(28-65-47(6,7)8)49-42(60)36(52(11)29-56)26-33-20-16-14-17-21-33/h14,16-17,20-21,29-32,34-38,40,57H,15,18-19,22-28H2,1-13H3,(H,48,59)(H,49,60)(H,50,61)/t32-,34+,35+,36+,37+,38+,40+/m1/s1. The highest BCUT2D eigenvalue weighted by molar-refractivity contribution is 5.97. The Bertz CT molecular complexity index is 1750. The maximum atomic E-state index is 14.3. The van der Waals surface area contributed by atoms with Gasteiger partial charge in [-0.3, -0.25) is 38.4 Å².